The highest BCUT2D eigenvalue weighted by atomic mass is 35.5. The summed E-state index contributed by atoms with van der Waals surface area (Å²) in [6, 6.07) is 4.15. The molecule has 1 fully saturated rings. The lowest BCUT2D eigenvalue weighted by Gasteiger charge is -2.28. The van der Waals surface area contributed by atoms with Crippen LogP contribution < -0.4 is 4.72 Å². The highest BCUT2D eigenvalue weighted by molar-refractivity contribution is 7.89. The summed E-state index contributed by atoms with van der Waals surface area (Å²) in [7, 11) is -4.28. The average Bonchev–Trinajstić information content (AvgIpc) is 2.86. The number of nitrogens with one attached hydrogen (secondary N) is 1. The molecule has 0 saturated heterocycles. The van der Waals surface area contributed by atoms with Crippen molar-refractivity contribution >= 4 is 21.6 Å². The third-order valence-corrected chi connectivity index (χ3v) is 5.80. The maximum absolute atomic E-state index is 13.0. The van der Waals surface area contributed by atoms with E-state index in [1.165, 1.54) is 6.07 Å². The smallest absolute Gasteiger partial charge is 0.207 e. The molecule has 0 atom stereocenters. The van der Waals surface area contributed by atoms with Gasteiger partial charge in [-0.25, -0.2) is 13.1 Å². The maximum Gasteiger partial charge on any atom is 0.417 e. The van der Waals surface area contributed by atoms with E-state index in [4.69, 9.17) is 11.6 Å². The van der Waals surface area contributed by atoms with Crippen LogP contribution in [0.5, 0.6) is 0 Å². The Labute approximate surface area is 126 Å². The molecule has 0 aliphatic heterocycles. The minimum atomic E-state index is -4.73. The Morgan fingerprint density at radius 3 is 2.29 bits per heavy atom. The van der Waals surface area contributed by atoms with Crippen molar-refractivity contribution in [2.24, 2.45) is 0 Å². The Hall–Kier alpha value is -0.790. The van der Waals surface area contributed by atoms with Crippen LogP contribution in [0.2, 0.25) is 0 Å². The molecule has 1 N–H and O–H groups in total. The zero-order chi connectivity index (χ0) is 15.7. The van der Waals surface area contributed by atoms with Crippen LogP contribution in [-0.4, -0.2) is 19.8 Å². The Kier molecular flexibility index (Phi) is 4.56. The molecule has 1 aromatic carbocycles. The van der Waals surface area contributed by atoms with Crippen LogP contribution in [0, 0.1) is 0 Å². The minimum absolute atomic E-state index is 0.0421. The molecule has 0 amide bonds. The number of hydrogen-bond acceptors (Lipinski definition) is 2. The van der Waals surface area contributed by atoms with Crippen molar-refractivity contribution in [1.82, 2.24) is 4.72 Å². The molecule has 0 unspecified atom stereocenters. The molecular weight excluding hydrogens is 327 g/mol. The highest BCUT2D eigenvalue weighted by Gasteiger charge is 2.41. The second-order valence-electron chi connectivity index (χ2n) is 5.22. The van der Waals surface area contributed by atoms with Crippen LogP contribution in [0.25, 0.3) is 0 Å². The van der Waals surface area contributed by atoms with Gasteiger partial charge in [0.15, 0.2) is 0 Å². The first kappa shape index (κ1) is 16.6. The van der Waals surface area contributed by atoms with Crippen molar-refractivity contribution in [3.8, 4) is 0 Å². The highest BCUT2D eigenvalue weighted by Crippen LogP contribution is 2.36. The third kappa shape index (κ3) is 3.52. The number of benzene rings is 1. The van der Waals surface area contributed by atoms with E-state index in [0.717, 1.165) is 31.0 Å². The Morgan fingerprint density at radius 2 is 1.76 bits per heavy atom. The number of sulfonamides is 1. The van der Waals surface area contributed by atoms with Gasteiger partial charge in [-0.05, 0) is 25.0 Å². The summed E-state index contributed by atoms with van der Waals surface area (Å²) in [6.07, 6.45) is -2.06. The first-order chi connectivity index (χ1) is 9.70. The van der Waals surface area contributed by atoms with Crippen molar-refractivity contribution in [2.45, 2.75) is 42.3 Å². The molecule has 2 rings (SSSR count). The molecule has 0 aromatic heterocycles. The van der Waals surface area contributed by atoms with Crippen molar-refractivity contribution in [2.75, 3.05) is 5.88 Å². The molecule has 21 heavy (non-hydrogen) atoms. The van der Waals surface area contributed by atoms with Crippen molar-refractivity contribution in [1.29, 1.82) is 0 Å². The van der Waals surface area contributed by atoms with E-state index < -0.39 is 32.2 Å². The van der Waals surface area contributed by atoms with Gasteiger partial charge in [0.05, 0.1) is 10.5 Å². The molecule has 118 valence electrons. The normalized spacial score (nSPS) is 18.9. The Balaban J connectivity index is 2.41. The Bertz CT molecular complexity index is 610. The largest absolute Gasteiger partial charge is 0.417 e. The van der Waals surface area contributed by atoms with E-state index in [0.29, 0.717) is 12.8 Å². The summed E-state index contributed by atoms with van der Waals surface area (Å²) >= 11 is 5.84. The number of halogens is 4. The molecule has 8 heteroatoms. The van der Waals surface area contributed by atoms with E-state index in [1.807, 2.05) is 0 Å². The van der Waals surface area contributed by atoms with Gasteiger partial charge in [0.2, 0.25) is 10.0 Å². The van der Waals surface area contributed by atoms with Gasteiger partial charge in [0.1, 0.15) is 0 Å². The molecular formula is C13H15ClF3NO2S. The summed E-state index contributed by atoms with van der Waals surface area (Å²) < 4.78 is 65.9. The van der Waals surface area contributed by atoms with Gasteiger partial charge >= 0.3 is 6.18 Å². The zero-order valence-electron chi connectivity index (χ0n) is 11.1. The van der Waals surface area contributed by atoms with E-state index in [9.17, 15) is 21.6 Å². The molecule has 0 spiro atoms. The van der Waals surface area contributed by atoms with Crippen molar-refractivity contribution in [3.05, 3.63) is 29.8 Å². The summed E-state index contributed by atoms with van der Waals surface area (Å²) in [5.74, 6) is 0.0421. The molecule has 1 aliphatic carbocycles. The van der Waals surface area contributed by atoms with Gasteiger partial charge < -0.3 is 0 Å². The first-order valence-electron chi connectivity index (χ1n) is 6.46. The van der Waals surface area contributed by atoms with E-state index >= 15 is 0 Å². The predicted molar refractivity (Wildman–Crippen MR) is 73.7 cm³/mol. The quantitative estimate of drug-likeness (QED) is 0.851. The van der Waals surface area contributed by atoms with E-state index in [-0.39, 0.29) is 5.88 Å². The van der Waals surface area contributed by atoms with Crippen LogP contribution >= 0.6 is 11.6 Å². The molecule has 1 aliphatic rings. The van der Waals surface area contributed by atoms with Gasteiger partial charge in [-0.2, -0.15) is 13.2 Å². The average molecular weight is 342 g/mol. The lowest BCUT2D eigenvalue weighted by Crippen LogP contribution is -2.48. The standard InChI is InChI=1S/C13H15ClF3NO2S/c14-9-12(7-3-4-8-12)18-21(19,20)11-6-2-1-5-10(11)13(15,16)17/h1-2,5-6,18H,3-4,7-9H2. The summed E-state index contributed by atoms with van der Waals surface area (Å²) in [5, 5.41) is 0. The second kappa shape index (κ2) is 5.78. The van der Waals surface area contributed by atoms with Crippen LogP contribution in [0.4, 0.5) is 13.2 Å². The fourth-order valence-electron chi connectivity index (χ4n) is 2.59. The van der Waals surface area contributed by atoms with Crippen LogP contribution in [-0.2, 0) is 16.2 Å². The van der Waals surface area contributed by atoms with Crippen molar-refractivity contribution < 1.29 is 21.6 Å². The minimum Gasteiger partial charge on any atom is -0.207 e. The predicted octanol–water partition coefficient (Wildman–Crippen LogP) is 3.54. The SMILES string of the molecule is O=S(=O)(NC1(CCl)CCCC1)c1ccccc1C(F)(F)F. The van der Waals surface area contributed by atoms with Crippen LogP contribution in [0.3, 0.4) is 0 Å². The van der Waals surface area contributed by atoms with Gasteiger partial charge in [0.25, 0.3) is 0 Å². The van der Waals surface area contributed by atoms with Gasteiger partial charge in [0, 0.05) is 11.4 Å². The number of hydrogen-bond donors (Lipinski definition) is 1. The molecule has 0 heterocycles. The topological polar surface area (TPSA) is 46.2 Å². The van der Waals surface area contributed by atoms with E-state index in [2.05, 4.69) is 4.72 Å². The van der Waals surface area contributed by atoms with Gasteiger partial charge in [-0.1, -0.05) is 25.0 Å². The lowest BCUT2D eigenvalue weighted by molar-refractivity contribution is -0.139. The lowest BCUT2D eigenvalue weighted by atomic mass is 10.0. The molecule has 1 aromatic rings. The number of rotatable bonds is 4. The van der Waals surface area contributed by atoms with Crippen molar-refractivity contribution in [3.63, 3.8) is 0 Å². The van der Waals surface area contributed by atoms with E-state index in [1.54, 1.807) is 0 Å². The number of alkyl halides is 4. The third-order valence-electron chi connectivity index (χ3n) is 3.65. The second-order valence-corrected chi connectivity index (χ2v) is 7.14. The zero-order valence-corrected chi connectivity index (χ0v) is 12.7. The van der Waals surface area contributed by atoms with Crippen LogP contribution in [0.15, 0.2) is 29.2 Å². The fourth-order valence-corrected chi connectivity index (χ4v) is 4.69. The van der Waals surface area contributed by atoms with Crippen LogP contribution in [0.1, 0.15) is 31.2 Å². The summed E-state index contributed by atoms with van der Waals surface area (Å²) in [4.78, 5) is -0.756. The maximum atomic E-state index is 13.0. The summed E-state index contributed by atoms with van der Waals surface area (Å²) in [6.45, 7) is 0. The van der Waals surface area contributed by atoms with Gasteiger partial charge in [-0.15, -0.1) is 11.6 Å². The molecule has 0 bridgehead atoms. The summed E-state index contributed by atoms with van der Waals surface area (Å²) in [5.41, 5.74) is -2.01. The molecule has 3 nitrogen and oxygen atoms in total. The monoisotopic (exact) mass is 341 g/mol. The van der Waals surface area contributed by atoms with Gasteiger partial charge in [-0.3, -0.25) is 0 Å². The fraction of sp³-hybridized carbons (Fsp3) is 0.538. The molecule has 0 radical (unpaired) electrons. The molecule has 1 saturated carbocycles. The Morgan fingerprint density at radius 1 is 1.19 bits per heavy atom. The first-order valence-corrected chi connectivity index (χ1v) is 8.48.